The SMILES string of the molecule is O=P12c3ccc(-c4ccccc4)cc3Oc3ccc(-c4cccc(-c5ccccc5)c4)c(c31)Oc1ccc3ccccc3c12. The summed E-state index contributed by atoms with van der Waals surface area (Å²) in [4.78, 5) is 0. The second-order valence-electron chi connectivity index (χ2n) is 11.2. The van der Waals surface area contributed by atoms with Crippen molar-refractivity contribution in [3.63, 3.8) is 0 Å². The number of rotatable bonds is 3. The van der Waals surface area contributed by atoms with E-state index >= 15 is 4.57 Å². The Morgan fingerprint density at radius 1 is 0.432 bits per heavy atom. The lowest BCUT2D eigenvalue weighted by Gasteiger charge is -2.36. The summed E-state index contributed by atoms with van der Waals surface area (Å²) in [6.45, 7) is 0. The van der Waals surface area contributed by atoms with Crippen molar-refractivity contribution in [2.75, 3.05) is 0 Å². The Balaban J connectivity index is 1.31. The highest BCUT2D eigenvalue weighted by atomic mass is 31.2. The maximum absolute atomic E-state index is 16.1. The molecule has 1 atom stereocenters. The second-order valence-corrected chi connectivity index (χ2v) is 13.8. The highest BCUT2D eigenvalue weighted by molar-refractivity contribution is 7.86. The number of hydrogen-bond acceptors (Lipinski definition) is 3. The van der Waals surface area contributed by atoms with E-state index in [1.165, 1.54) is 0 Å². The van der Waals surface area contributed by atoms with Gasteiger partial charge in [0.05, 0.1) is 10.6 Å². The van der Waals surface area contributed by atoms with Gasteiger partial charge in [-0.05, 0) is 75.0 Å². The number of benzene rings is 7. The zero-order valence-corrected chi connectivity index (χ0v) is 24.5. The van der Waals surface area contributed by atoms with Gasteiger partial charge in [-0.2, -0.15) is 0 Å². The van der Waals surface area contributed by atoms with E-state index in [4.69, 9.17) is 9.47 Å². The summed E-state index contributed by atoms with van der Waals surface area (Å²) in [5.41, 5.74) is 6.21. The van der Waals surface area contributed by atoms with Crippen LogP contribution in [0, 0.1) is 0 Å². The maximum Gasteiger partial charge on any atom is 0.186 e. The average molecular weight is 585 g/mol. The van der Waals surface area contributed by atoms with Crippen molar-refractivity contribution < 1.29 is 14.0 Å². The van der Waals surface area contributed by atoms with E-state index in [0.29, 0.717) is 33.6 Å². The summed E-state index contributed by atoms with van der Waals surface area (Å²) in [6, 6.07) is 51.1. The molecule has 0 bridgehead atoms. The van der Waals surface area contributed by atoms with Crippen molar-refractivity contribution in [1.82, 2.24) is 0 Å². The molecule has 4 heteroatoms. The Morgan fingerprint density at radius 2 is 1.07 bits per heavy atom. The van der Waals surface area contributed by atoms with E-state index in [1.807, 2.05) is 91.0 Å². The summed E-state index contributed by atoms with van der Waals surface area (Å²) in [5, 5.41) is 4.01. The molecule has 0 N–H and O–H groups in total. The fourth-order valence-electron chi connectivity index (χ4n) is 6.65. The minimum absolute atomic E-state index is 0.572. The van der Waals surface area contributed by atoms with Gasteiger partial charge >= 0.3 is 0 Å². The molecule has 2 aliphatic rings. The van der Waals surface area contributed by atoms with Crippen LogP contribution in [0.25, 0.3) is 44.2 Å². The van der Waals surface area contributed by atoms with E-state index in [-0.39, 0.29) is 0 Å². The lowest BCUT2D eigenvalue weighted by molar-refractivity contribution is 0.463. The third-order valence-corrected chi connectivity index (χ3v) is 11.9. The summed E-state index contributed by atoms with van der Waals surface area (Å²) in [6.07, 6.45) is 0. The van der Waals surface area contributed by atoms with Crippen LogP contribution in [-0.4, -0.2) is 0 Å². The number of fused-ring (bicyclic) bond motifs is 6. The molecule has 2 heterocycles. The van der Waals surface area contributed by atoms with Crippen LogP contribution in [0.1, 0.15) is 0 Å². The first-order valence-electron chi connectivity index (χ1n) is 14.7. The molecule has 9 rings (SSSR count). The molecule has 0 amide bonds. The van der Waals surface area contributed by atoms with Gasteiger partial charge in [0, 0.05) is 5.56 Å². The lowest BCUT2D eigenvalue weighted by atomic mass is 9.98. The van der Waals surface area contributed by atoms with Crippen LogP contribution in [0.2, 0.25) is 0 Å². The van der Waals surface area contributed by atoms with Gasteiger partial charge in [-0.25, -0.2) is 0 Å². The lowest BCUT2D eigenvalue weighted by Crippen LogP contribution is -2.35. The monoisotopic (exact) mass is 584 g/mol. The van der Waals surface area contributed by atoms with E-state index in [2.05, 4.69) is 60.7 Å². The molecule has 0 aromatic heterocycles. The highest BCUT2D eigenvalue weighted by Gasteiger charge is 2.48. The number of hydrogen-bond donors (Lipinski definition) is 0. The van der Waals surface area contributed by atoms with Crippen LogP contribution in [0.15, 0.2) is 152 Å². The van der Waals surface area contributed by atoms with E-state index in [0.717, 1.165) is 49.5 Å². The van der Waals surface area contributed by atoms with E-state index < -0.39 is 7.14 Å². The van der Waals surface area contributed by atoms with Gasteiger partial charge in [0.2, 0.25) is 0 Å². The molecule has 0 saturated heterocycles. The van der Waals surface area contributed by atoms with E-state index in [1.54, 1.807) is 0 Å². The quantitative estimate of drug-likeness (QED) is 0.194. The summed E-state index contributed by atoms with van der Waals surface area (Å²) in [5.74, 6) is 2.41. The normalized spacial score (nSPS) is 15.8. The fraction of sp³-hybridized carbons (Fsp3) is 0. The van der Waals surface area contributed by atoms with Crippen LogP contribution in [0.3, 0.4) is 0 Å². The van der Waals surface area contributed by atoms with Gasteiger partial charge in [0.25, 0.3) is 0 Å². The van der Waals surface area contributed by atoms with E-state index in [9.17, 15) is 0 Å². The first-order valence-corrected chi connectivity index (χ1v) is 16.4. The van der Waals surface area contributed by atoms with Gasteiger partial charge in [-0.15, -0.1) is 0 Å². The van der Waals surface area contributed by atoms with Gasteiger partial charge < -0.3 is 14.0 Å². The largest absolute Gasteiger partial charge is 0.456 e. The average Bonchev–Trinajstić information content (AvgIpc) is 3.09. The van der Waals surface area contributed by atoms with Crippen molar-refractivity contribution in [2.24, 2.45) is 0 Å². The molecule has 0 fully saturated rings. The summed E-state index contributed by atoms with van der Waals surface area (Å²) < 4.78 is 29.5. The minimum atomic E-state index is -3.44. The topological polar surface area (TPSA) is 35.5 Å². The molecule has 1 unspecified atom stereocenters. The van der Waals surface area contributed by atoms with Crippen LogP contribution >= 0.6 is 7.14 Å². The van der Waals surface area contributed by atoms with Crippen molar-refractivity contribution in [2.45, 2.75) is 0 Å². The second kappa shape index (κ2) is 9.57. The third-order valence-electron chi connectivity index (χ3n) is 8.71. The van der Waals surface area contributed by atoms with Crippen LogP contribution in [-0.2, 0) is 4.57 Å². The zero-order chi connectivity index (χ0) is 29.3. The first kappa shape index (κ1) is 25.2. The third kappa shape index (κ3) is 3.67. The van der Waals surface area contributed by atoms with Crippen LogP contribution in [0.4, 0.5) is 0 Å². The molecule has 2 aliphatic heterocycles. The molecule has 0 spiro atoms. The smallest absolute Gasteiger partial charge is 0.186 e. The van der Waals surface area contributed by atoms with Crippen LogP contribution in [0.5, 0.6) is 23.0 Å². The van der Waals surface area contributed by atoms with Crippen molar-refractivity contribution in [1.29, 1.82) is 0 Å². The summed E-state index contributed by atoms with van der Waals surface area (Å²) in [7, 11) is -3.44. The number of ether oxygens (including phenoxy) is 2. The zero-order valence-electron chi connectivity index (χ0n) is 23.6. The minimum Gasteiger partial charge on any atom is -0.456 e. The first-order chi connectivity index (χ1) is 21.7. The fourth-order valence-corrected chi connectivity index (χ4v) is 9.92. The Bertz CT molecular complexity index is 2310. The molecule has 0 saturated carbocycles. The molecule has 0 aliphatic carbocycles. The standard InChI is InChI=1S/C40H25O3P/c41-44-37-23-19-30(27-12-5-2-6-13-27)25-36(37)42-35-22-20-32(31-16-9-15-29(24-31)26-10-3-1-4-11-26)38(40(35)44)43-34-21-18-28-14-7-8-17-33(28)39(34)44/h1-25H. The predicted octanol–water partition coefficient (Wildman–Crippen LogP) is 9.69. The molecule has 0 radical (unpaired) electrons. The molecular weight excluding hydrogens is 559 g/mol. The van der Waals surface area contributed by atoms with Gasteiger partial charge in [-0.1, -0.05) is 115 Å². The van der Waals surface area contributed by atoms with Crippen molar-refractivity contribution in [3.05, 3.63) is 152 Å². The highest BCUT2D eigenvalue weighted by Crippen LogP contribution is 2.61. The van der Waals surface area contributed by atoms with Crippen molar-refractivity contribution in [3.8, 4) is 56.4 Å². The molecule has 7 aromatic carbocycles. The summed E-state index contributed by atoms with van der Waals surface area (Å²) >= 11 is 0. The van der Waals surface area contributed by atoms with Crippen LogP contribution < -0.4 is 25.4 Å². The van der Waals surface area contributed by atoms with Gasteiger partial charge in [-0.3, -0.25) is 0 Å². The maximum atomic E-state index is 16.1. The molecule has 44 heavy (non-hydrogen) atoms. The van der Waals surface area contributed by atoms with Crippen molar-refractivity contribution >= 4 is 33.8 Å². The molecule has 7 aromatic rings. The molecule has 208 valence electrons. The molecular formula is C40H25O3P. The van der Waals surface area contributed by atoms with Gasteiger partial charge in [0.15, 0.2) is 7.14 Å². The molecule has 3 nitrogen and oxygen atoms in total. The Labute approximate surface area is 255 Å². The Kier molecular flexibility index (Phi) is 5.47. The Morgan fingerprint density at radius 3 is 1.86 bits per heavy atom. The predicted molar refractivity (Wildman–Crippen MR) is 180 cm³/mol. The Hall–Kier alpha value is -5.37. The van der Waals surface area contributed by atoms with Gasteiger partial charge in [0.1, 0.15) is 28.3 Å².